The molecule has 2 nitrogen and oxygen atoms in total. The highest BCUT2D eigenvalue weighted by Crippen LogP contribution is 2.21. The maximum Gasteiger partial charge on any atom is 0.119 e. The average Bonchev–Trinajstić information content (AvgIpc) is 2.18. The molecule has 0 atom stereocenters. The molecule has 0 fully saturated rings. The molecule has 0 saturated heterocycles. The van der Waals surface area contributed by atoms with Crippen LogP contribution in [0.3, 0.4) is 0 Å². The number of nitriles is 1. The van der Waals surface area contributed by atoms with Crippen LogP contribution in [0.4, 0.5) is 0 Å². The fraction of sp³-hybridized carbons (Fsp3) is 0.364. The molecule has 0 aliphatic heterocycles. The summed E-state index contributed by atoms with van der Waals surface area (Å²) in [6.07, 6.45) is 1.33. The first-order valence-corrected chi connectivity index (χ1v) is 5.29. The van der Waals surface area contributed by atoms with Crippen molar-refractivity contribution in [3.05, 3.63) is 28.2 Å². The summed E-state index contributed by atoms with van der Waals surface area (Å²) >= 11 is 3.42. The van der Waals surface area contributed by atoms with Gasteiger partial charge in [-0.15, -0.1) is 0 Å². The van der Waals surface area contributed by atoms with Crippen molar-refractivity contribution in [2.75, 3.05) is 6.61 Å². The van der Waals surface area contributed by atoms with Crippen LogP contribution in [0, 0.1) is 18.3 Å². The van der Waals surface area contributed by atoms with Crippen LogP contribution in [0.1, 0.15) is 18.4 Å². The highest BCUT2D eigenvalue weighted by molar-refractivity contribution is 9.10. The Morgan fingerprint density at radius 2 is 2.29 bits per heavy atom. The second kappa shape index (κ2) is 5.66. The van der Waals surface area contributed by atoms with Gasteiger partial charge in [0.1, 0.15) is 5.75 Å². The highest BCUT2D eigenvalue weighted by Gasteiger charge is 1.97. The van der Waals surface area contributed by atoms with Crippen LogP contribution in [0.5, 0.6) is 5.75 Å². The first-order chi connectivity index (χ1) is 6.74. The predicted octanol–water partition coefficient (Wildman–Crippen LogP) is 3.44. The molecule has 0 aromatic heterocycles. The number of ether oxygens (including phenoxy) is 1. The minimum absolute atomic E-state index is 0.551. The van der Waals surface area contributed by atoms with Crippen LogP contribution in [0.15, 0.2) is 22.7 Å². The van der Waals surface area contributed by atoms with E-state index in [2.05, 4.69) is 22.0 Å². The Morgan fingerprint density at radius 1 is 1.50 bits per heavy atom. The summed E-state index contributed by atoms with van der Waals surface area (Å²) in [6, 6.07) is 7.96. The molecular weight excluding hydrogens is 242 g/mol. The van der Waals surface area contributed by atoms with Gasteiger partial charge in [0.15, 0.2) is 0 Å². The molecule has 1 rings (SSSR count). The molecule has 0 saturated carbocycles. The lowest BCUT2D eigenvalue weighted by Gasteiger charge is -2.06. The third kappa shape index (κ3) is 3.39. The molecule has 0 aliphatic carbocycles. The molecule has 14 heavy (non-hydrogen) atoms. The van der Waals surface area contributed by atoms with Gasteiger partial charge in [-0.3, -0.25) is 0 Å². The second-order valence-electron chi connectivity index (χ2n) is 3.02. The second-order valence-corrected chi connectivity index (χ2v) is 3.88. The van der Waals surface area contributed by atoms with Gasteiger partial charge in [-0.1, -0.05) is 15.9 Å². The maximum absolute atomic E-state index is 8.33. The number of hydrogen-bond acceptors (Lipinski definition) is 2. The van der Waals surface area contributed by atoms with Crippen LogP contribution in [0.2, 0.25) is 0 Å². The van der Waals surface area contributed by atoms with Crippen LogP contribution < -0.4 is 4.74 Å². The quantitative estimate of drug-likeness (QED) is 0.771. The van der Waals surface area contributed by atoms with E-state index in [0.29, 0.717) is 13.0 Å². The molecule has 1 aromatic carbocycles. The standard InChI is InChI=1S/C11H12BrNO/c1-9-8-10(4-5-11(9)12)14-7-3-2-6-13/h4-5,8H,2-3,7H2,1H3. The van der Waals surface area contributed by atoms with E-state index in [1.807, 2.05) is 25.1 Å². The Balaban J connectivity index is 2.44. The van der Waals surface area contributed by atoms with Crippen LogP contribution in [-0.2, 0) is 0 Å². The van der Waals surface area contributed by atoms with Gasteiger partial charge in [0, 0.05) is 10.9 Å². The molecule has 0 amide bonds. The van der Waals surface area contributed by atoms with E-state index in [1.54, 1.807) is 0 Å². The summed E-state index contributed by atoms with van der Waals surface area (Å²) in [5, 5.41) is 8.33. The molecule has 0 N–H and O–H groups in total. The van der Waals surface area contributed by atoms with Gasteiger partial charge in [-0.2, -0.15) is 5.26 Å². The van der Waals surface area contributed by atoms with Crippen molar-refractivity contribution in [3.8, 4) is 11.8 Å². The van der Waals surface area contributed by atoms with Crippen LogP contribution in [0.25, 0.3) is 0 Å². The van der Waals surface area contributed by atoms with Crippen molar-refractivity contribution in [1.82, 2.24) is 0 Å². The van der Waals surface area contributed by atoms with Crippen LogP contribution in [-0.4, -0.2) is 6.61 Å². The van der Waals surface area contributed by atoms with Gasteiger partial charge >= 0.3 is 0 Å². The van der Waals surface area contributed by atoms with E-state index in [1.165, 1.54) is 0 Å². The van der Waals surface area contributed by atoms with E-state index in [4.69, 9.17) is 10.00 Å². The number of benzene rings is 1. The Bertz CT molecular complexity index is 344. The van der Waals surface area contributed by atoms with Crippen molar-refractivity contribution in [3.63, 3.8) is 0 Å². The topological polar surface area (TPSA) is 33.0 Å². The maximum atomic E-state index is 8.33. The molecule has 74 valence electrons. The number of hydrogen-bond donors (Lipinski definition) is 0. The van der Waals surface area contributed by atoms with Crippen LogP contribution >= 0.6 is 15.9 Å². The highest BCUT2D eigenvalue weighted by atomic mass is 79.9. The molecule has 0 bridgehead atoms. The van der Waals surface area contributed by atoms with Gasteiger partial charge in [0.2, 0.25) is 0 Å². The normalized spacial score (nSPS) is 9.50. The smallest absolute Gasteiger partial charge is 0.119 e. The van der Waals surface area contributed by atoms with E-state index in [-0.39, 0.29) is 0 Å². The zero-order valence-corrected chi connectivity index (χ0v) is 9.67. The zero-order chi connectivity index (χ0) is 10.4. The zero-order valence-electron chi connectivity index (χ0n) is 8.09. The first-order valence-electron chi connectivity index (χ1n) is 4.50. The minimum Gasteiger partial charge on any atom is -0.494 e. The van der Waals surface area contributed by atoms with Gasteiger partial charge in [-0.25, -0.2) is 0 Å². The molecule has 1 aromatic rings. The minimum atomic E-state index is 0.551. The van der Waals surface area contributed by atoms with E-state index in [9.17, 15) is 0 Å². The average molecular weight is 254 g/mol. The largest absolute Gasteiger partial charge is 0.494 e. The molecule has 0 unspecified atom stereocenters. The fourth-order valence-electron chi connectivity index (χ4n) is 1.05. The number of halogens is 1. The van der Waals surface area contributed by atoms with E-state index >= 15 is 0 Å². The summed E-state index contributed by atoms with van der Waals surface area (Å²) in [7, 11) is 0. The molecule has 3 heteroatoms. The number of unbranched alkanes of at least 4 members (excludes halogenated alkanes) is 1. The number of nitrogens with zero attached hydrogens (tertiary/aromatic N) is 1. The van der Waals surface area contributed by atoms with Crippen molar-refractivity contribution in [2.45, 2.75) is 19.8 Å². The van der Waals surface area contributed by atoms with E-state index in [0.717, 1.165) is 22.2 Å². The Labute approximate surface area is 92.6 Å². The lowest BCUT2D eigenvalue weighted by atomic mass is 10.2. The summed E-state index contributed by atoms with van der Waals surface area (Å²) in [5.74, 6) is 0.864. The lowest BCUT2D eigenvalue weighted by Crippen LogP contribution is -1.96. The predicted molar refractivity (Wildman–Crippen MR) is 59.2 cm³/mol. The van der Waals surface area contributed by atoms with Gasteiger partial charge in [-0.05, 0) is 37.1 Å². The van der Waals surface area contributed by atoms with Gasteiger partial charge in [0.05, 0.1) is 12.7 Å². The lowest BCUT2D eigenvalue weighted by molar-refractivity contribution is 0.312. The van der Waals surface area contributed by atoms with E-state index < -0.39 is 0 Å². The van der Waals surface area contributed by atoms with Crippen molar-refractivity contribution in [2.24, 2.45) is 0 Å². The Kier molecular flexibility index (Phi) is 4.48. The van der Waals surface area contributed by atoms with Crippen molar-refractivity contribution in [1.29, 1.82) is 5.26 Å². The fourth-order valence-corrected chi connectivity index (χ4v) is 1.29. The first kappa shape index (κ1) is 11.1. The van der Waals surface area contributed by atoms with Gasteiger partial charge in [0.25, 0.3) is 0 Å². The summed E-state index contributed by atoms with van der Waals surface area (Å²) in [5.41, 5.74) is 1.16. The Morgan fingerprint density at radius 3 is 2.93 bits per heavy atom. The van der Waals surface area contributed by atoms with Gasteiger partial charge < -0.3 is 4.74 Å². The molecular formula is C11H12BrNO. The Hall–Kier alpha value is -1.01. The summed E-state index contributed by atoms with van der Waals surface area (Å²) < 4.78 is 6.56. The summed E-state index contributed by atoms with van der Waals surface area (Å²) in [4.78, 5) is 0. The monoisotopic (exact) mass is 253 g/mol. The third-order valence-corrected chi connectivity index (χ3v) is 2.72. The molecule has 0 heterocycles. The SMILES string of the molecule is Cc1cc(OCCCC#N)ccc1Br. The number of aryl methyl sites for hydroxylation is 1. The molecule has 0 spiro atoms. The number of rotatable bonds is 4. The summed E-state index contributed by atoms with van der Waals surface area (Å²) in [6.45, 7) is 2.63. The molecule has 0 radical (unpaired) electrons. The third-order valence-electron chi connectivity index (χ3n) is 1.83. The van der Waals surface area contributed by atoms with Crippen molar-refractivity contribution >= 4 is 15.9 Å². The molecule has 0 aliphatic rings. The van der Waals surface area contributed by atoms with Crippen molar-refractivity contribution < 1.29 is 4.74 Å².